The lowest BCUT2D eigenvalue weighted by atomic mass is 9.84. The van der Waals surface area contributed by atoms with Gasteiger partial charge in [0.2, 0.25) is 0 Å². The quantitative estimate of drug-likeness (QED) is 0.902. The Balaban J connectivity index is 1.68. The average Bonchev–Trinajstić information content (AvgIpc) is 2.48. The average molecular weight is 258 g/mol. The summed E-state index contributed by atoms with van der Waals surface area (Å²) in [5.74, 6) is 0.875. The van der Waals surface area contributed by atoms with Crippen LogP contribution in [0.5, 0.6) is 0 Å². The van der Waals surface area contributed by atoms with Crippen LogP contribution < -0.4 is 5.73 Å². The molecule has 19 heavy (non-hydrogen) atoms. The van der Waals surface area contributed by atoms with Gasteiger partial charge >= 0.3 is 0 Å². The third-order valence-electron chi connectivity index (χ3n) is 5.00. The van der Waals surface area contributed by atoms with Crippen LogP contribution in [0.15, 0.2) is 24.3 Å². The first-order chi connectivity index (χ1) is 9.38. The van der Waals surface area contributed by atoms with Gasteiger partial charge in [-0.3, -0.25) is 4.90 Å². The molecule has 0 spiro atoms. The van der Waals surface area contributed by atoms with Crippen molar-refractivity contribution in [3.63, 3.8) is 0 Å². The minimum absolute atomic E-state index is 0.684. The molecule has 2 heteroatoms. The number of rotatable bonds is 3. The molecule has 2 nitrogen and oxygen atoms in total. The number of nitrogens with two attached hydrogens (primary N) is 1. The highest BCUT2D eigenvalue weighted by molar-refractivity contribution is 5.32. The molecule has 1 unspecified atom stereocenters. The molecule has 104 valence electrons. The fourth-order valence-electron chi connectivity index (χ4n) is 3.90. The van der Waals surface area contributed by atoms with E-state index >= 15 is 0 Å². The minimum Gasteiger partial charge on any atom is -0.330 e. The lowest BCUT2D eigenvalue weighted by Gasteiger charge is -2.40. The van der Waals surface area contributed by atoms with E-state index in [1.54, 1.807) is 11.1 Å². The SMILES string of the molecule is NCCC1CCN(C2CCCc3ccccc32)CC1. The predicted octanol–water partition coefficient (Wildman–Crippen LogP) is 3.12. The van der Waals surface area contributed by atoms with Crippen LogP contribution in [-0.2, 0) is 6.42 Å². The van der Waals surface area contributed by atoms with Gasteiger partial charge in [-0.25, -0.2) is 0 Å². The molecule has 2 aliphatic rings. The second-order valence-electron chi connectivity index (χ2n) is 6.16. The maximum atomic E-state index is 5.69. The normalized spacial score (nSPS) is 25.2. The molecule has 1 heterocycles. The first-order valence-electron chi connectivity index (χ1n) is 7.90. The lowest BCUT2D eigenvalue weighted by molar-refractivity contribution is 0.118. The van der Waals surface area contributed by atoms with Crippen LogP contribution in [-0.4, -0.2) is 24.5 Å². The van der Waals surface area contributed by atoms with Crippen LogP contribution in [0, 0.1) is 5.92 Å². The molecule has 0 saturated carbocycles. The molecule has 1 aromatic carbocycles. The first-order valence-corrected chi connectivity index (χ1v) is 7.90. The van der Waals surface area contributed by atoms with Crippen molar-refractivity contribution in [2.75, 3.05) is 19.6 Å². The first kappa shape index (κ1) is 13.1. The zero-order valence-corrected chi connectivity index (χ0v) is 11.9. The Hall–Kier alpha value is -0.860. The van der Waals surface area contributed by atoms with Crippen molar-refractivity contribution in [2.45, 2.75) is 44.6 Å². The Bertz CT molecular complexity index is 407. The Morgan fingerprint density at radius 3 is 2.68 bits per heavy atom. The van der Waals surface area contributed by atoms with Crippen molar-refractivity contribution in [2.24, 2.45) is 11.7 Å². The zero-order valence-electron chi connectivity index (χ0n) is 11.9. The van der Waals surface area contributed by atoms with E-state index in [2.05, 4.69) is 29.2 Å². The Labute approximate surface area is 117 Å². The highest BCUT2D eigenvalue weighted by atomic mass is 15.2. The number of piperidine rings is 1. The maximum Gasteiger partial charge on any atom is 0.0350 e. The maximum absolute atomic E-state index is 5.69. The molecule has 1 aliphatic heterocycles. The predicted molar refractivity (Wildman–Crippen MR) is 80.1 cm³/mol. The summed E-state index contributed by atoms with van der Waals surface area (Å²) in [7, 11) is 0. The smallest absolute Gasteiger partial charge is 0.0350 e. The van der Waals surface area contributed by atoms with Gasteiger partial charge in [-0.15, -0.1) is 0 Å². The number of hydrogen-bond acceptors (Lipinski definition) is 2. The van der Waals surface area contributed by atoms with E-state index < -0.39 is 0 Å². The summed E-state index contributed by atoms with van der Waals surface area (Å²) in [5.41, 5.74) is 8.88. The van der Waals surface area contributed by atoms with Crippen molar-refractivity contribution >= 4 is 0 Å². The lowest BCUT2D eigenvalue weighted by Crippen LogP contribution is -2.38. The van der Waals surface area contributed by atoms with Crippen molar-refractivity contribution in [1.82, 2.24) is 4.90 Å². The van der Waals surface area contributed by atoms with Gasteiger partial charge in [0.1, 0.15) is 0 Å². The molecular formula is C17H26N2. The molecule has 1 aliphatic carbocycles. The van der Waals surface area contributed by atoms with Crippen LogP contribution >= 0.6 is 0 Å². The second kappa shape index (κ2) is 6.06. The molecule has 2 N–H and O–H groups in total. The molecular weight excluding hydrogens is 232 g/mol. The summed E-state index contributed by atoms with van der Waals surface area (Å²) in [6.45, 7) is 3.39. The minimum atomic E-state index is 0.684. The largest absolute Gasteiger partial charge is 0.330 e. The summed E-state index contributed by atoms with van der Waals surface area (Å²) in [4.78, 5) is 2.73. The van der Waals surface area contributed by atoms with Gasteiger partial charge in [0, 0.05) is 6.04 Å². The Kier molecular flexibility index (Phi) is 4.19. The van der Waals surface area contributed by atoms with E-state index in [4.69, 9.17) is 5.73 Å². The highest BCUT2D eigenvalue weighted by Crippen LogP contribution is 2.36. The van der Waals surface area contributed by atoms with Crippen molar-refractivity contribution in [3.8, 4) is 0 Å². The number of benzene rings is 1. The molecule has 1 atom stereocenters. The third-order valence-corrected chi connectivity index (χ3v) is 5.00. The van der Waals surface area contributed by atoms with Crippen molar-refractivity contribution in [1.29, 1.82) is 0 Å². The summed E-state index contributed by atoms with van der Waals surface area (Å²) in [5, 5.41) is 0. The van der Waals surface area contributed by atoms with E-state index in [1.165, 1.54) is 51.6 Å². The molecule has 3 rings (SSSR count). The number of fused-ring (bicyclic) bond motifs is 1. The summed E-state index contributed by atoms with van der Waals surface area (Å²) < 4.78 is 0. The van der Waals surface area contributed by atoms with Gasteiger partial charge < -0.3 is 5.73 Å². The van der Waals surface area contributed by atoms with Gasteiger partial charge in [0.25, 0.3) is 0 Å². The third kappa shape index (κ3) is 2.85. The van der Waals surface area contributed by atoms with Gasteiger partial charge in [-0.1, -0.05) is 24.3 Å². The molecule has 1 aromatic rings. The number of aryl methyl sites for hydroxylation is 1. The Morgan fingerprint density at radius 1 is 1.11 bits per heavy atom. The monoisotopic (exact) mass is 258 g/mol. The second-order valence-corrected chi connectivity index (χ2v) is 6.16. The van der Waals surface area contributed by atoms with E-state index in [1.807, 2.05) is 0 Å². The number of likely N-dealkylation sites (tertiary alicyclic amines) is 1. The molecule has 1 saturated heterocycles. The van der Waals surface area contributed by atoms with Crippen molar-refractivity contribution in [3.05, 3.63) is 35.4 Å². The molecule has 0 aromatic heterocycles. The van der Waals surface area contributed by atoms with Gasteiger partial charge in [-0.2, -0.15) is 0 Å². The summed E-state index contributed by atoms with van der Waals surface area (Å²) >= 11 is 0. The Morgan fingerprint density at radius 2 is 1.89 bits per heavy atom. The fourth-order valence-corrected chi connectivity index (χ4v) is 3.90. The fraction of sp³-hybridized carbons (Fsp3) is 0.647. The van der Waals surface area contributed by atoms with Crippen molar-refractivity contribution < 1.29 is 0 Å². The number of hydrogen-bond donors (Lipinski definition) is 1. The molecule has 0 amide bonds. The van der Waals surface area contributed by atoms with Crippen LogP contribution in [0.1, 0.15) is 49.3 Å². The van der Waals surface area contributed by atoms with Gasteiger partial charge in [-0.05, 0) is 75.2 Å². The van der Waals surface area contributed by atoms with Crippen LogP contribution in [0.2, 0.25) is 0 Å². The van der Waals surface area contributed by atoms with Gasteiger partial charge in [0.05, 0.1) is 0 Å². The van der Waals surface area contributed by atoms with Gasteiger partial charge in [0.15, 0.2) is 0 Å². The highest BCUT2D eigenvalue weighted by Gasteiger charge is 2.28. The summed E-state index contributed by atoms with van der Waals surface area (Å²) in [6, 6.07) is 9.75. The summed E-state index contributed by atoms with van der Waals surface area (Å²) in [6.07, 6.45) is 7.88. The zero-order chi connectivity index (χ0) is 13.1. The van der Waals surface area contributed by atoms with Crippen LogP contribution in [0.3, 0.4) is 0 Å². The van der Waals surface area contributed by atoms with E-state index in [9.17, 15) is 0 Å². The molecule has 0 bridgehead atoms. The van der Waals surface area contributed by atoms with Crippen LogP contribution in [0.25, 0.3) is 0 Å². The standard InChI is InChI=1S/C17H26N2/c18-11-8-14-9-12-19(13-10-14)17-7-3-5-15-4-1-2-6-16(15)17/h1-2,4,6,14,17H,3,5,7-13,18H2. The topological polar surface area (TPSA) is 29.3 Å². The van der Waals surface area contributed by atoms with E-state index in [0.717, 1.165) is 12.5 Å². The number of nitrogens with zero attached hydrogens (tertiary/aromatic N) is 1. The molecule has 1 fully saturated rings. The van der Waals surface area contributed by atoms with E-state index in [0.29, 0.717) is 6.04 Å². The van der Waals surface area contributed by atoms with Crippen LogP contribution in [0.4, 0.5) is 0 Å². The molecule has 0 radical (unpaired) electrons. The van der Waals surface area contributed by atoms with E-state index in [-0.39, 0.29) is 0 Å².